The molecule has 0 aromatic heterocycles. The molecule has 0 saturated carbocycles. The van der Waals surface area contributed by atoms with Crippen molar-refractivity contribution in [3.05, 3.63) is 12.7 Å². The fourth-order valence-electron chi connectivity index (χ4n) is 0.250. The van der Waals surface area contributed by atoms with Gasteiger partial charge >= 0.3 is 6.03 Å². The Hall–Kier alpha value is -1.41. The maximum atomic E-state index is 10.3. The normalized spacial score (nSPS) is 7.11. The highest BCUT2D eigenvalue weighted by Crippen LogP contribution is 1.68. The minimum absolute atomic E-state index is 0.365. The van der Waals surface area contributed by atoms with Crippen molar-refractivity contribution in [2.45, 2.75) is 0 Å². The fraction of sp³-hybridized carbons (Fsp3) is 0.200. The van der Waals surface area contributed by atoms with Crippen molar-refractivity contribution in [3.8, 4) is 0 Å². The van der Waals surface area contributed by atoms with Gasteiger partial charge in [-0.1, -0.05) is 6.08 Å². The summed E-state index contributed by atoms with van der Waals surface area (Å²) in [5.41, 5.74) is 0. The third-order valence-corrected chi connectivity index (χ3v) is 0.555. The average molecular weight is 125 g/mol. The van der Waals surface area contributed by atoms with E-state index >= 15 is 0 Å². The zero-order valence-electron chi connectivity index (χ0n) is 4.85. The molecule has 4 heteroatoms. The van der Waals surface area contributed by atoms with Gasteiger partial charge in [-0.15, -0.1) is 11.6 Å². The zero-order valence-corrected chi connectivity index (χ0v) is 4.85. The van der Waals surface area contributed by atoms with Crippen molar-refractivity contribution in [1.29, 1.82) is 5.41 Å². The molecule has 0 aliphatic rings. The van der Waals surface area contributed by atoms with Gasteiger partial charge < -0.3 is 5.32 Å². The molecule has 0 bridgehead atoms. The predicted octanol–water partition coefficient (Wildman–Crippen LogP) is 0.635. The highest BCUT2D eigenvalue weighted by molar-refractivity contribution is 5.79. The molecule has 0 fully saturated rings. The van der Waals surface area contributed by atoms with E-state index in [4.69, 9.17) is 5.41 Å². The number of carbonyl (C=O) groups is 1. The van der Waals surface area contributed by atoms with E-state index in [2.05, 4.69) is 16.9 Å². The van der Waals surface area contributed by atoms with Crippen LogP contribution in [-0.4, -0.2) is 18.6 Å². The summed E-state index contributed by atoms with van der Waals surface area (Å²) in [6.45, 7) is 3.73. The van der Waals surface area contributed by atoms with Crippen molar-refractivity contribution in [2.24, 2.45) is 4.99 Å². The van der Waals surface area contributed by atoms with Gasteiger partial charge in [-0.25, -0.2) is 10.2 Å². The van der Waals surface area contributed by atoms with E-state index in [1.807, 2.05) is 0 Å². The van der Waals surface area contributed by atoms with E-state index < -0.39 is 6.03 Å². The van der Waals surface area contributed by atoms with Gasteiger partial charge in [0.05, 0.1) is 6.01 Å². The monoisotopic (exact) mass is 125 g/mol. The summed E-state index contributed by atoms with van der Waals surface area (Å²) in [6, 6.07) is 1.04. The van der Waals surface area contributed by atoms with Crippen molar-refractivity contribution < 1.29 is 4.79 Å². The number of nitrogens with one attached hydrogen (secondary N) is 2. The van der Waals surface area contributed by atoms with Crippen molar-refractivity contribution >= 4 is 12.0 Å². The Morgan fingerprint density at radius 2 is 2.67 bits per heavy atom. The second-order valence-electron chi connectivity index (χ2n) is 1.20. The highest BCUT2D eigenvalue weighted by atomic mass is 16.2. The molecule has 0 unspecified atom stereocenters. The van der Waals surface area contributed by atoms with Crippen molar-refractivity contribution in [1.82, 2.24) is 5.32 Å². The molecular weight excluding hydrogens is 118 g/mol. The Labute approximate surface area is 52.8 Å². The average Bonchev–Trinajstić information content (AvgIpc) is 1.85. The van der Waals surface area contributed by atoms with E-state index in [0.717, 1.165) is 0 Å². The molecule has 0 aromatic carbocycles. The highest BCUT2D eigenvalue weighted by Gasteiger charge is 1.89. The van der Waals surface area contributed by atoms with Crippen molar-refractivity contribution in [2.75, 3.05) is 6.54 Å². The van der Waals surface area contributed by atoms with Crippen LogP contribution in [0.4, 0.5) is 4.79 Å². The third-order valence-electron chi connectivity index (χ3n) is 0.555. The summed E-state index contributed by atoms with van der Waals surface area (Å²) >= 11 is 0. The molecule has 0 aromatic rings. The number of rotatable bonds is 2. The molecule has 9 heavy (non-hydrogen) atoms. The maximum Gasteiger partial charge on any atom is 0.350 e. The van der Waals surface area contributed by atoms with Gasteiger partial charge in [-0.2, -0.15) is 0 Å². The van der Waals surface area contributed by atoms with Crippen molar-refractivity contribution in [3.63, 3.8) is 0 Å². The first-order valence-electron chi connectivity index (χ1n) is 2.32. The van der Waals surface area contributed by atoms with Gasteiger partial charge in [0.15, 0.2) is 0 Å². The van der Waals surface area contributed by atoms with E-state index in [-0.39, 0.29) is 0 Å². The lowest BCUT2D eigenvalue weighted by molar-refractivity contribution is 0.250. The number of hydrogen-bond acceptors (Lipinski definition) is 2. The van der Waals surface area contributed by atoms with E-state index in [0.29, 0.717) is 6.54 Å². The molecule has 0 radical (unpaired) electrons. The SMILES string of the molecule is C=CCNC(=O)N=C=N. The quantitative estimate of drug-likeness (QED) is 0.412. The van der Waals surface area contributed by atoms with E-state index in [1.165, 1.54) is 6.08 Å². The molecule has 2 amide bonds. The van der Waals surface area contributed by atoms with Crippen LogP contribution >= 0.6 is 0 Å². The smallest absolute Gasteiger partial charge is 0.332 e. The van der Waals surface area contributed by atoms with Gasteiger partial charge in [0.1, 0.15) is 0 Å². The number of amides is 2. The first kappa shape index (κ1) is 7.59. The molecule has 0 aliphatic carbocycles. The summed E-state index contributed by atoms with van der Waals surface area (Å²) in [5.74, 6) is 0. The van der Waals surface area contributed by atoms with Crippen LogP contribution in [0, 0.1) is 5.41 Å². The van der Waals surface area contributed by atoms with Crippen LogP contribution in [0.1, 0.15) is 0 Å². The zero-order chi connectivity index (χ0) is 7.11. The van der Waals surface area contributed by atoms with Gasteiger partial charge in [0.2, 0.25) is 0 Å². The molecule has 2 N–H and O–H groups in total. The van der Waals surface area contributed by atoms with Gasteiger partial charge in [-0.3, -0.25) is 0 Å². The summed E-state index contributed by atoms with van der Waals surface area (Å²) in [4.78, 5) is 13.3. The topological polar surface area (TPSA) is 65.3 Å². The van der Waals surface area contributed by atoms with Crippen LogP contribution in [-0.2, 0) is 0 Å². The molecule has 0 rings (SSSR count). The Morgan fingerprint density at radius 1 is 2.00 bits per heavy atom. The van der Waals surface area contributed by atoms with Gasteiger partial charge in [0.25, 0.3) is 0 Å². The third kappa shape index (κ3) is 4.44. The van der Waals surface area contributed by atoms with Crippen LogP contribution in [0.2, 0.25) is 0 Å². The maximum absolute atomic E-state index is 10.3. The number of nitrogens with zero attached hydrogens (tertiary/aromatic N) is 1. The first-order chi connectivity index (χ1) is 4.31. The number of urea groups is 1. The molecule has 0 heterocycles. The molecule has 0 aliphatic heterocycles. The number of hydrogen-bond donors (Lipinski definition) is 2. The van der Waals surface area contributed by atoms with E-state index in [1.54, 1.807) is 6.01 Å². The first-order valence-corrected chi connectivity index (χ1v) is 2.32. The van der Waals surface area contributed by atoms with Crippen LogP contribution in [0.25, 0.3) is 0 Å². The van der Waals surface area contributed by atoms with Crippen LogP contribution in [0.5, 0.6) is 0 Å². The lowest BCUT2D eigenvalue weighted by Gasteiger charge is -1.90. The molecule has 48 valence electrons. The standard InChI is InChI=1S/C5H7N3O/c1-2-3-7-5(9)8-4-6/h2,6H,1,3H2,(H,7,9). The molecule has 0 spiro atoms. The fourth-order valence-corrected chi connectivity index (χ4v) is 0.250. The van der Waals surface area contributed by atoms with Crippen LogP contribution < -0.4 is 5.32 Å². The second kappa shape index (κ2) is 4.74. The summed E-state index contributed by atoms with van der Waals surface area (Å²) in [7, 11) is 0. The molecule has 4 nitrogen and oxygen atoms in total. The Morgan fingerprint density at radius 3 is 3.11 bits per heavy atom. The summed E-state index contributed by atoms with van der Waals surface area (Å²) < 4.78 is 0. The van der Waals surface area contributed by atoms with Crippen LogP contribution in [0.15, 0.2) is 17.6 Å². The summed E-state index contributed by atoms with van der Waals surface area (Å²) in [6.07, 6.45) is 1.53. The Kier molecular flexibility index (Phi) is 4.00. The van der Waals surface area contributed by atoms with Gasteiger partial charge in [-0.05, 0) is 0 Å². The molecule has 0 saturated heterocycles. The largest absolute Gasteiger partial charge is 0.350 e. The van der Waals surface area contributed by atoms with Crippen LogP contribution in [0.3, 0.4) is 0 Å². The molecular formula is C5H7N3O. The lowest BCUT2D eigenvalue weighted by Crippen LogP contribution is -2.18. The Bertz CT molecular complexity index is 158. The number of aliphatic imine (C=N–C) groups is 1. The predicted molar refractivity (Wildman–Crippen MR) is 33.8 cm³/mol. The van der Waals surface area contributed by atoms with Gasteiger partial charge in [0, 0.05) is 6.54 Å². The lowest BCUT2D eigenvalue weighted by atomic mass is 10.6. The second-order valence-corrected chi connectivity index (χ2v) is 1.20. The van der Waals surface area contributed by atoms with E-state index in [9.17, 15) is 4.79 Å². The Balaban J connectivity index is 3.50. The molecule has 0 atom stereocenters. The summed E-state index contributed by atoms with van der Waals surface area (Å²) in [5, 5.41) is 8.59. The minimum atomic E-state index is -0.565. The number of carbonyl (C=O) groups excluding carboxylic acids is 1. The minimum Gasteiger partial charge on any atom is -0.332 e.